The van der Waals surface area contributed by atoms with Crippen LogP contribution in [0.2, 0.25) is 5.02 Å². The molecule has 0 fully saturated rings. The molecule has 0 atom stereocenters. The molecule has 0 spiro atoms. The van der Waals surface area contributed by atoms with Gasteiger partial charge in [0.05, 0.1) is 5.69 Å². The highest BCUT2D eigenvalue weighted by Crippen LogP contribution is 2.30. The van der Waals surface area contributed by atoms with E-state index in [1.165, 1.54) is 18.2 Å². The van der Waals surface area contributed by atoms with E-state index in [-0.39, 0.29) is 16.8 Å². The first-order valence-electron chi connectivity index (χ1n) is 6.27. The molecule has 8 heteroatoms. The van der Waals surface area contributed by atoms with Gasteiger partial charge < -0.3 is 11.1 Å². The quantitative estimate of drug-likeness (QED) is 0.460. The molecular formula is C15H10Cl4N2O2. The Kier molecular flexibility index (Phi) is 5.42. The van der Waals surface area contributed by atoms with E-state index in [0.29, 0.717) is 10.7 Å². The monoisotopic (exact) mass is 390 g/mol. The Hall–Kier alpha value is -1.46. The molecule has 0 aliphatic carbocycles. The summed E-state index contributed by atoms with van der Waals surface area (Å²) >= 11 is 22.5. The second-order valence-electron chi connectivity index (χ2n) is 4.56. The van der Waals surface area contributed by atoms with E-state index < -0.39 is 15.5 Å². The van der Waals surface area contributed by atoms with Crippen molar-refractivity contribution in [3.05, 3.63) is 58.6 Å². The van der Waals surface area contributed by atoms with Crippen molar-refractivity contribution < 1.29 is 9.59 Å². The van der Waals surface area contributed by atoms with Crippen LogP contribution in [-0.2, 0) is 4.79 Å². The van der Waals surface area contributed by atoms with Crippen LogP contribution in [0.5, 0.6) is 0 Å². The van der Waals surface area contributed by atoms with Crippen molar-refractivity contribution in [2.75, 3.05) is 11.1 Å². The van der Waals surface area contributed by atoms with Gasteiger partial charge in [-0.1, -0.05) is 58.5 Å². The predicted octanol–water partition coefficient (Wildman–Crippen LogP) is 4.46. The van der Waals surface area contributed by atoms with Crippen LogP contribution in [0, 0.1) is 0 Å². The molecule has 0 unspecified atom stereocenters. The minimum Gasteiger partial charge on any atom is -0.398 e. The van der Waals surface area contributed by atoms with Crippen molar-refractivity contribution >= 4 is 69.5 Å². The maximum atomic E-state index is 12.7. The van der Waals surface area contributed by atoms with Crippen molar-refractivity contribution in [1.29, 1.82) is 0 Å². The molecule has 2 aromatic rings. The molecule has 0 aromatic heterocycles. The number of rotatable bonds is 3. The molecule has 0 saturated carbocycles. The zero-order valence-corrected chi connectivity index (χ0v) is 14.5. The smallest absolute Gasteiger partial charge is 0.276 e. The normalized spacial score (nSPS) is 11.1. The van der Waals surface area contributed by atoms with Gasteiger partial charge in [-0.3, -0.25) is 9.59 Å². The Morgan fingerprint density at radius 1 is 1.00 bits per heavy atom. The van der Waals surface area contributed by atoms with Gasteiger partial charge in [-0.25, -0.2) is 0 Å². The summed E-state index contributed by atoms with van der Waals surface area (Å²) in [6.07, 6.45) is 0. The Morgan fingerprint density at radius 2 is 1.65 bits per heavy atom. The molecule has 0 saturated heterocycles. The third-order valence-corrected chi connectivity index (χ3v) is 3.69. The van der Waals surface area contributed by atoms with Gasteiger partial charge in [0.1, 0.15) is 0 Å². The number of para-hydroxylation sites is 1. The third kappa shape index (κ3) is 4.30. The molecule has 23 heavy (non-hydrogen) atoms. The molecule has 3 N–H and O–H groups in total. The number of alkyl halides is 3. The SMILES string of the molecule is Nc1ccccc1C(=O)c1cc(Cl)ccc1NC(=O)C(Cl)(Cl)Cl. The number of hydrogen-bond donors (Lipinski definition) is 2. The van der Waals surface area contributed by atoms with Crippen LogP contribution >= 0.6 is 46.4 Å². The van der Waals surface area contributed by atoms with Crippen LogP contribution in [0.4, 0.5) is 11.4 Å². The highest BCUT2D eigenvalue weighted by atomic mass is 35.6. The summed E-state index contributed by atoms with van der Waals surface area (Å²) in [6.45, 7) is 0. The van der Waals surface area contributed by atoms with Crippen LogP contribution in [0.25, 0.3) is 0 Å². The number of carbonyl (C=O) groups is 2. The van der Waals surface area contributed by atoms with Crippen molar-refractivity contribution in [3.8, 4) is 0 Å². The number of halogens is 4. The molecule has 0 radical (unpaired) electrons. The average molecular weight is 392 g/mol. The van der Waals surface area contributed by atoms with E-state index in [1.807, 2.05) is 0 Å². The minimum absolute atomic E-state index is 0.137. The summed E-state index contributed by atoms with van der Waals surface area (Å²) < 4.78 is -2.16. The number of nitrogens with two attached hydrogens (primary N) is 1. The summed E-state index contributed by atoms with van der Waals surface area (Å²) in [5.74, 6) is -1.30. The molecule has 120 valence electrons. The highest BCUT2D eigenvalue weighted by Gasteiger charge is 2.31. The number of nitrogen functional groups attached to an aromatic ring is 1. The molecule has 2 aromatic carbocycles. The van der Waals surface area contributed by atoms with Crippen molar-refractivity contribution in [2.24, 2.45) is 0 Å². The first kappa shape index (κ1) is 17.9. The number of amides is 1. The Balaban J connectivity index is 2.46. The summed E-state index contributed by atoms with van der Waals surface area (Å²) in [5, 5.41) is 2.71. The second-order valence-corrected chi connectivity index (χ2v) is 7.28. The molecule has 0 heterocycles. The molecule has 0 bridgehead atoms. The van der Waals surface area contributed by atoms with Gasteiger partial charge in [-0.05, 0) is 30.3 Å². The van der Waals surface area contributed by atoms with E-state index in [4.69, 9.17) is 52.1 Å². The Bertz CT molecular complexity index is 772. The van der Waals surface area contributed by atoms with Crippen molar-refractivity contribution in [2.45, 2.75) is 3.79 Å². The Morgan fingerprint density at radius 3 is 2.26 bits per heavy atom. The lowest BCUT2D eigenvalue weighted by atomic mass is 10.00. The summed E-state index contributed by atoms with van der Waals surface area (Å²) in [6, 6.07) is 10.9. The van der Waals surface area contributed by atoms with Gasteiger partial charge in [0.25, 0.3) is 9.70 Å². The lowest BCUT2D eigenvalue weighted by Crippen LogP contribution is -2.27. The van der Waals surface area contributed by atoms with E-state index in [9.17, 15) is 9.59 Å². The van der Waals surface area contributed by atoms with Crippen LogP contribution in [0.1, 0.15) is 15.9 Å². The van der Waals surface area contributed by atoms with Gasteiger partial charge in [-0.15, -0.1) is 0 Å². The number of anilines is 2. The molecule has 4 nitrogen and oxygen atoms in total. The number of ketones is 1. The first-order valence-corrected chi connectivity index (χ1v) is 7.78. The molecule has 0 aliphatic heterocycles. The number of nitrogens with one attached hydrogen (secondary N) is 1. The number of benzene rings is 2. The number of carbonyl (C=O) groups excluding carboxylic acids is 2. The average Bonchev–Trinajstić information content (AvgIpc) is 2.48. The third-order valence-electron chi connectivity index (χ3n) is 2.94. The molecule has 2 rings (SSSR count). The maximum Gasteiger partial charge on any atom is 0.276 e. The van der Waals surface area contributed by atoms with Crippen molar-refractivity contribution in [1.82, 2.24) is 0 Å². The fourth-order valence-corrected chi connectivity index (χ4v) is 2.17. The zero-order chi connectivity index (χ0) is 17.2. The Labute approximate surface area is 152 Å². The number of hydrogen-bond acceptors (Lipinski definition) is 3. The maximum absolute atomic E-state index is 12.7. The first-order chi connectivity index (χ1) is 10.7. The standard InChI is InChI=1S/C15H10Cl4N2O2/c16-8-5-6-12(21-14(23)15(17,18)19)10(7-8)13(22)9-3-1-2-4-11(9)20/h1-7H,20H2,(H,21,23). The molecule has 0 aliphatic rings. The van der Waals surface area contributed by atoms with Gasteiger partial charge in [0, 0.05) is 21.8 Å². The van der Waals surface area contributed by atoms with Crippen LogP contribution in [0.3, 0.4) is 0 Å². The van der Waals surface area contributed by atoms with E-state index in [2.05, 4.69) is 5.32 Å². The molecule has 1 amide bonds. The summed E-state index contributed by atoms with van der Waals surface area (Å²) in [7, 11) is 0. The summed E-state index contributed by atoms with van der Waals surface area (Å²) in [4.78, 5) is 24.5. The van der Waals surface area contributed by atoms with Gasteiger partial charge >= 0.3 is 0 Å². The van der Waals surface area contributed by atoms with Crippen LogP contribution in [0.15, 0.2) is 42.5 Å². The summed E-state index contributed by atoms with van der Waals surface area (Å²) in [5.41, 5.74) is 6.69. The fourth-order valence-electron chi connectivity index (χ4n) is 1.86. The predicted molar refractivity (Wildman–Crippen MR) is 94.7 cm³/mol. The van der Waals surface area contributed by atoms with Crippen LogP contribution in [-0.4, -0.2) is 15.5 Å². The van der Waals surface area contributed by atoms with E-state index >= 15 is 0 Å². The van der Waals surface area contributed by atoms with Crippen molar-refractivity contribution in [3.63, 3.8) is 0 Å². The topological polar surface area (TPSA) is 72.2 Å². The minimum atomic E-state index is -2.16. The lowest BCUT2D eigenvalue weighted by molar-refractivity contribution is -0.115. The van der Waals surface area contributed by atoms with E-state index in [1.54, 1.807) is 24.3 Å². The largest absolute Gasteiger partial charge is 0.398 e. The van der Waals surface area contributed by atoms with Crippen LogP contribution < -0.4 is 11.1 Å². The second kappa shape index (κ2) is 6.97. The van der Waals surface area contributed by atoms with Gasteiger partial charge in [-0.2, -0.15) is 0 Å². The fraction of sp³-hybridized carbons (Fsp3) is 0.0667. The van der Waals surface area contributed by atoms with E-state index in [0.717, 1.165) is 0 Å². The van der Waals surface area contributed by atoms with Gasteiger partial charge in [0.15, 0.2) is 5.78 Å². The zero-order valence-electron chi connectivity index (χ0n) is 11.4. The highest BCUT2D eigenvalue weighted by molar-refractivity contribution is 6.76. The molecular weight excluding hydrogens is 382 g/mol. The lowest BCUT2D eigenvalue weighted by Gasteiger charge is -2.15. The van der Waals surface area contributed by atoms with Gasteiger partial charge in [0.2, 0.25) is 0 Å².